The van der Waals surface area contributed by atoms with Crippen LogP contribution in [0.1, 0.15) is 11.6 Å². The molecule has 1 aromatic rings. The lowest BCUT2D eigenvalue weighted by Crippen LogP contribution is -2.17. The lowest BCUT2D eigenvalue weighted by atomic mass is 10.1. The van der Waals surface area contributed by atoms with E-state index in [0.29, 0.717) is 0 Å². The van der Waals surface area contributed by atoms with Crippen LogP contribution >= 0.6 is 67.8 Å². The van der Waals surface area contributed by atoms with Crippen molar-refractivity contribution in [2.75, 3.05) is 6.61 Å². The quantitative estimate of drug-likeness (QED) is 0.514. The highest BCUT2D eigenvalue weighted by Crippen LogP contribution is 2.34. The maximum Gasteiger partial charge on any atom is 0.142 e. The van der Waals surface area contributed by atoms with Gasteiger partial charge in [0.1, 0.15) is 5.75 Å². The number of nitrogens with two attached hydrogens (primary N) is 1. The van der Waals surface area contributed by atoms with Crippen LogP contribution in [0.5, 0.6) is 5.75 Å². The molecule has 1 rings (SSSR count). The molecule has 6 heteroatoms. The fraction of sp³-hybridized carbons (Fsp3) is 0.250. The Morgan fingerprint density at radius 3 is 2.36 bits per heavy atom. The van der Waals surface area contributed by atoms with Gasteiger partial charge < -0.3 is 15.9 Å². The van der Waals surface area contributed by atoms with Crippen molar-refractivity contribution >= 4 is 67.8 Å². The minimum Gasteiger partial charge on any atom is -0.506 e. The fourth-order valence-electron chi connectivity index (χ4n) is 1.03. The molecule has 0 amide bonds. The van der Waals surface area contributed by atoms with E-state index < -0.39 is 6.04 Å². The topological polar surface area (TPSA) is 66.5 Å². The lowest BCUT2D eigenvalue weighted by molar-refractivity contribution is 0.267. The summed E-state index contributed by atoms with van der Waals surface area (Å²) in [5, 5.41) is 18.7. The van der Waals surface area contributed by atoms with Crippen molar-refractivity contribution in [1.82, 2.24) is 0 Å². The van der Waals surface area contributed by atoms with Gasteiger partial charge in [-0.3, -0.25) is 0 Å². The number of hydrogen-bond acceptors (Lipinski definition) is 3. The zero-order valence-electron chi connectivity index (χ0n) is 6.97. The Morgan fingerprint density at radius 1 is 1.29 bits per heavy atom. The highest BCUT2D eigenvalue weighted by atomic mass is 127. The summed E-state index contributed by atoms with van der Waals surface area (Å²) in [6.45, 7) is -0.119. The molecule has 0 bridgehead atoms. The van der Waals surface area contributed by atoms with E-state index in [2.05, 4.69) is 45.2 Å². The Bertz CT molecular complexity index is 357. The zero-order chi connectivity index (χ0) is 10.9. The van der Waals surface area contributed by atoms with Gasteiger partial charge in [0.05, 0.1) is 19.8 Å². The molecule has 0 fully saturated rings. The highest BCUT2D eigenvalue weighted by Gasteiger charge is 2.17. The molecule has 78 valence electrons. The largest absolute Gasteiger partial charge is 0.506 e. The van der Waals surface area contributed by atoms with Crippen LogP contribution in [0.4, 0.5) is 0 Å². The molecule has 0 saturated heterocycles. The average Bonchev–Trinajstić information content (AvgIpc) is 2.14. The van der Waals surface area contributed by atoms with Gasteiger partial charge in [0, 0.05) is 9.13 Å². The Morgan fingerprint density at radius 2 is 1.86 bits per heavy atom. The van der Waals surface area contributed by atoms with Crippen LogP contribution < -0.4 is 5.73 Å². The van der Waals surface area contributed by atoms with E-state index in [0.717, 1.165) is 16.3 Å². The molecule has 4 N–H and O–H groups in total. The van der Waals surface area contributed by atoms with Gasteiger partial charge in [-0.15, -0.1) is 0 Å². The molecule has 14 heavy (non-hydrogen) atoms. The van der Waals surface area contributed by atoms with Crippen molar-refractivity contribution in [3.8, 4) is 5.75 Å². The fourth-order valence-corrected chi connectivity index (χ4v) is 5.20. The number of halogens is 3. The third kappa shape index (κ3) is 2.62. The van der Waals surface area contributed by atoms with Crippen LogP contribution in [0.2, 0.25) is 0 Å². The third-order valence-electron chi connectivity index (χ3n) is 1.75. The molecular formula is C8H8I3NO2. The molecule has 0 aliphatic heterocycles. The smallest absolute Gasteiger partial charge is 0.142 e. The van der Waals surface area contributed by atoms with E-state index in [-0.39, 0.29) is 12.4 Å². The molecule has 3 nitrogen and oxygen atoms in total. The van der Waals surface area contributed by atoms with Crippen molar-refractivity contribution in [3.05, 3.63) is 22.3 Å². The van der Waals surface area contributed by atoms with Crippen LogP contribution in [0.3, 0.4) is 0 Å². The number of aliphatic hydroxyl groups is 1. The number of rotatable bonds is 2. The zero-order valence-corrected chi connectivity index (χ0v) is 13.4. The second-order valence-corrected chi connectivity index (χ2v) is 6.11. The highest BCUT2D eigenvalue weighted by molar-refractivity contribution is 14.1. The van der Waals surface area contributed by atoms with Crippen LogP contribution in [0.15, 0.2) is 6.07 Å². The summed E-state index contributed by atoms with van der Waals surface area (Å²) in [6.07, 6.45) is 0. The molecule has 1 aromatic carbocycles. The average molecular weight is 531 g/mol. The van der Waals surface area contributed by atoms with Crippen molar-refractivity contribution in [2.24, 2.45) is 5.73 Å². The number of aromatic hydroxyl groups is 1. The number of hydrogen-bond donors (Lipinski definition) is 3. The summed E-state index contributed by atoms with van der Waals surface area (Å²) in [6, 6.07) is 1.42. The van der Waals surface area contributed by atoms with Gasteiger partial charge in [-0.2, -0.15) is 0 Å². The summed E-state index contributed by atoms with van der Waals surface area (Å²) in [5.41, 5.74) is 6.55. The first-order valence-corrected chi connectivity index (χ1v) is 6.95. The molecule has 0 aliphatic rings. The van der Waals surface area contributed by atoms with E-state index in [1.807, 2.05) is 28.7 Å². The lowest BCUT2D eigenvalue weighted by Gasteiger charge is -2.15. The van der Waals surface area contributed by atoms with Gasteiger partial charge in [-0.05, 0) is 73.8 Å². The number of phenols is 1. The van der Waals surface area contributed by atoms with E-state index in [4.69, 9.17) is 10.8 Å². The molecule has 0 saturated carbocycles. The molecule has 0 aromatic heterocycles. The molecule has 0 aliphatic carbocycles. The monoisotopic (exact) mass is 531 g/mol. The van der Waals surface area contributed by atoms with Crippen LogP contribution in [-0.2, 0) is 0 Å². The maximum atomic E-state index is 9.70. The van der Waals surface area contributed by atoms with E-state index >= 15 is 0 Å². The second kappa shape index (κ2) is 5.46. The van der Waals surface area contributed by atoms with Crippen molar-refractivity contribution in [2.45, 2.75) is 6.04 Å². The first-order valence-electron chi connectivity index (χ1n) is 3.71. The van der Waals surface area contributed by atoms with E-state index in [1.165, 1.54) is 0 Å². The minimum absolute atomic E-state index is 0.119. The number of benzene rings is 1. The molecule has 0 radical (unpaired) electrons. The molecule has 0 unspecified atom stereocenters. The van der Waals surface area contributed by atoms with Crippen LogP contribution in [0.25, 0.3) is 0 Å². The minimum atomic E-state index is -0.434. The predicted octanol–water partition coefficient (Wildman–Crippen LogP) is 2.20. The molecule has 0 spiro atoms. The van der Waals surface area contributed by atoms with Gasteiger partial charge in [-0.25, -0.2) is 0 Å². The standard InChI is InChI=1S/C8H8I3NO2/c9-3-1-4(10)8(14)7(11)6(3)5(12)2-13/h1,5,13-14H,2,12H2/t5-/m0/s1. The third-order valence-corrected chi connectivity index (χ3v) is 4.56. The van der Waals surface area contributed by atoms with Gasteiger partial charge in [0.15, 0.2) is 0 Å². The molecule has 1 atom stereocenters. The summed E-state index contributed by atoms with van der Waals surface area (Å²) < 4.78 is 2.49. The van der Waals surface area contributed by atoms with Crippen LogP contribution in [-0.4, -0.2) is 16.8 Å². The molecule has 0 heterocycles. The van der Waals surface area contributed by atoms with E-state index in [9.17, 15) is 5.11 Å². The Balaban J connectivity index is 3.36. The summed E-state index contributed by atoms with van der Waals surface area (Å²) >= 11 is 6.26. The molecular weight excluding hydrogens is 523 g/mol. The SMILES string of the molecule is N[C@@H](CO)c1c(I)cc(I)c(O)c1I. The van der Waals surface area contributed by atoms with Gasteiger partial charge in [0.25, 0.3) is 0 Å². The summed E-state index contributed by atoms with van der Waals surface area (Å²) in [7, 11) is 0. The van der Waals surface area contributed by atoms with Crippen molar-refractivity contribution < 1.29 is 10.2 Å². The van der Waals surface area contributed by atoms with Crippen molar-refractivity contribution in [1.29, 1.82) is 0 Å². The Hall–Kier alpha value is 1.13. The van der Waals surface area contributed by atoms with Crippen LogP contribution in [0, 0.1) is 10.7 Å². The Labute approximate surface area is 123 Å². The van der Waals surface area contributed by atoms with Gasteiger partial charge >= 0.3 is 0 Å². The second-order valence-electron chi connectivity index (χ2n) is 2.71. The number of aliphatic hydroxyl groups excluding tert-OH is 1. The normalized spacial score (nSPS) is 12.9. The Kier molecular flexibility index (Phi) is 5.14. The van der Waals surface area contributed by atoms with Crippen molar-refractivity contribution in [3.63, 3.8) is 0 Å². The predicted molar refractivity (Wildman–Crippen MR) is 80.3 cm³/mol. The maximum absolute atomic E-state index is 9.70. The summed E-state index contributed by atoms with van der Waals surface area (Å²) in [5.74, 6) is 0.241. The summed E-state index contributed by atoms with van der Waals surface area (Å²) in [4.78, 5) is 0. The van der Waals surface area contributed by atoms with Gasteiger partial charge in [0.2, 0.25) is 0 Å². The van der Waals surface area contributed by atoms with Gasteiger partial charge in [-0.1, -0.05) is 0 Å². The number of phenolic OH excluding ortho intramolecular Hbond substituents is 1. The first-order chi connectivity index (χ1) is 6.49. The van der Waals surface area contributed by atoms with E-state index in [1.54, 1.807) is 0 Å². The first kappa shape index (κ1) is 13.2.